The normalized spacial score (nSPS) is 10.8. The van der Waals surface area contributed by atoms with Crippen molar-refractivity contribution in [1.29, 1.82) is 0 Å². The van der Waals surface area contributed by atoms with Crippen LogP contribution in [0.4, 0.5) is 10.5 Å². The highest BCUT2D eigenvalue weighted by Gasteiger charge is 2.20. The maximum atomic E-state index is 13.5. The molecule has 0 aliphatic heterocycles. The fourth-order valence-corrected chi connectivity index (χ4v) is 5.76. The van der Waals surface area contributed by atoms with E-state index in [0.29, 0.717) is 68.9 Å². The molecule has 0 fully saturated rings. The van der Waals surface area contributed by atoms with Gasteiger partial charge in [0.05, 0.1) is 19.4 Å². The Kier molecular flexibility index (Phi) is 12.5. The van der Waals surface area contributed by atoms with E-state index in [0.717, 1.165) is 30.0 Å². The van der Waals surface area contributed by atoms with Gasteiger partial charge in [-0.3, -0.25) is 10.1 Å². The van der Waals surface area contributed by atoms with E-state index in [-0.39, 0.29) is 12.5 Å². The number of carbonyl (C=O) groups excluding carboxylic acids is 3. The van der Waals surface area contributed by atoms with Gasteiger partial charge in [-0.15, -0.1) is 0 Å². The molecule has 0 bridgehead atoms. The fraction of sp³-hybridized carbons (Fsp3) is 0.205. The smallest absolute Gasteiger partial charge is 0.411 e. The van der Waals surface area contributed by atoms with Crippen molar-refractivity contribution >= 4 is 57.6 Å². The summed E-state index contributed by atoms with van der Waals surface area (Å²) >= 11 is 12.7. The van der Waals surface area contributed by atoms with Gasteiger partial charge in [-0.2, -0.15) is 0 Å². The van der Waals surface area contributed by atoms with Gasteiger partial charge >= 0.3 is 12.1 Å². The lowest BCUT2D eigenvalue weighted by atomic mass is 9.94. The lowest BCUT2D eigenvalue weighted by Crippen LogP contribution is -2.24. The van der Waals surface area contributed by atoms with Crippen LogP contribution in [0.2, 0.25) is 10.0 Å². The zero-order valence-electron chi connectivity index (χ0n) is 27.0. The minimum absolute atomic E-state index is 0.264. The van der Waals surface area contributed by atoms with Gasteiger partial charge in [0.15, 0.2) is 6.61 Å². The number of hydrogen-bond donors (Lipinski definition) is 2. The van der Waals surface area contributed by atoms with Gasteiger partial charge in [0.1, 0.15) is 5.75 Å². The maximum Gasteiger partial charge on any atom is 0.411 e. The number of hydrogen-bond acceptors (Lipinski definition) is 6. The predicted molar refractivity (Wildman–Crippen MR) is 195 cm³/mol. The summed E-state index contributed by atoms with van der Waals surface area (Å²) in [6, 6.07) is 31.4. The van der Waals surface area contributed by atoms with Crippen molar-refractivity contribution in [3.05, 3.63) is 119 Å². The van der Waals surface area contributed by atoms with Gasteiger partial charge < -0.3 is 19.5 Å². The van der Waals surface area contributed by atoms with Crippen LogP contribution in [0, 0.1) is 0 Å². The number of nitrogens with one attached hydrogen (secondary N) is 2. The molecule has 2 N–H and O–H groups in total. The van der Waals surface area contributed by atoms with Gasteiger partial charge in [0.25, 0.3) is 5.91 Å². The standard InChI is InChI=1S/C39H36Cl2N2O6/c1-47-36(44)25-49-37-33(27-13-8-15-30(40)21-27)23-29(24-34(37)28-14-9-16-31(41)22-28)38(45)42-19-6-2-3-7-20-48-39(46)43-35-18-10-12-26-11-4-5-17-32(26)35/h4-5,8-18,21-24H,2-3,6-7,19-20,25H2,1H3,(H,42,45)(H,43,46). The van der Waals surface area contributed by atoms with Gasteiger partial charge in [-0.25, -0.2) is 9.59 Å². The average Bonchev–Trinajstić information content (AvgIpc) is 3.11. The Labute approximate surface area is 295 Å². The molecule has 252 valence electrons. The molecule has 0 aliphatic rings. The molecule has 49 heavy (non-hydrogen) atoms. The van der Waals surface area contributed by atoms with Crippen LogP contribution >= 0.6 is 23.2 Å². The number of halogens is 2. The number of methoxy groups -OCH3 is 1. The van der Waals surface area contributed by atoms with Crippen LogP contribution in [-0.4, -0.2) is 44.8 Å². The van der Waals surface area contributed by atoms with E-state index in [2.05, 4.69) is 10.6 Å². The van der Waals surface area contributed by atoms with E-state index in [4.69, 9.17) is 37.4 Å². The van der Waals surface area contributed by atoms with Crippen LogP contribution < -0.4 is 15.4 Å². The molecule has 2 amide bonds. The monoisotopic (exact) mass is 698 g/mol. The molecule has 0 radical (unpaired) electrons. The zero-order valence-corrected chi connectivity index (χ0v) is 28.5. The summed E-state index contributed by atoms with van der Waals surface area (Å²) in [6.07, 6.45) is 2.64. The highest BCUT2D eigenvalue weighted by Crippen LogP contribution is 2.41. The van der Waals surface area contributed by atoms with Crippen LogP contribution in [0.15, 0.2) is 103 Å². The first-order valence-corrected chi connectivity index (χ1v) is 16.7. The Morgan fingerprint density at radius 3 is 2.02 bits per heavy atom. The number of fused-ring (bicyclic) bond motifs is 1. The highest BCUT2D eigenvalue weighted by molar-refractivity contribution is 6.31. The number of rotatable bonds is 14. The first-order chi connectivity index (χ1) is 23.8. The van der Waals surface area contributed by atoms with Crippen molar-refractivity contribution in [2.75, 3.05) is 32.2 Å². The molecule has 0 unspecified atom stereocenters. The largest absolute Gasteiger partial charge is 0.481 e. The van der Waals surface area contributed by atoms with Crippen molar-refractivity contribution in [2.24, 2.45) is 0 Å². The first-order valence-electron chi connectivity index (χ1n) is 15.9. The fourth-order valence-electron chi connectivity index (χ4n) is 5.38. The van der Waals surface area contributed by atoms with Gasteiger partial charge in [0.2, 0.25) is 0 Å². The molecular weight excluding hydrogens is 663 g/mol. The Hall–Kier alpha value is -5.05. The average molecular weight is 700 g/mol. The predicted octanol–water partition coefficient (Wildman–Crippen LogP) is 9.57. The van der Waals surface area contributed by atoms with Crippen molar-refractivity contribution in [2.45, 2.75) is 25.7 Å². The summed E-state index contributed by atoms with van der Waals surface area (Å²) in [5.41, 5.74) is 3.69. The molecule has 0 spiro atoms. The third-order valence-corrected chi connectivity index (χ3v) is 8.27. The zero-order chi connectivity index (χ0) is 34.6. The van der Waals surface area contributed by atoms with E-state index >= 15 is 0 Å². The van der Waals surface area contributed by atoms with Gasteiger partial charge in [-0.1, -0.05) is 90.3 Å². The summed E-state index contributed by atoms with van der Waals surface area (Å²) in [5, 5.41) is 8.84. The van der Waals surface area contributed by atoms with Gasteiger partial charge in [0, 0.05) is 38.7 Å². The Bertz CT molecular complexity index is 1870. The van der Waals surface area contributed by atoms with Gasteiger partial charge in [-0.05, 0) is 78.2 Å². The van der Waals surface area contributed by atoms with E-state index < -0.39 is 12.1 Å². The quantitative estimate of drug-likeness (QED) is 0.0884. The summed E-state index contributed by atoms with van der Waals surface area (Å²) in [7, 11) is 1.29. The van der Waals surface area contributed by atoms with Crippen LogP contribution in [0.3, 0.4) is 0 Å². The van der Waals surface area contributed by atoms with Crippen LogP contribution in [-0.2, 0) is 14.3 Å². The Morgan fingerprint density at radius 2 is 1.35 bits per heavy atom. The summed E-state index contributed by atoms with van der Waals surface area (Å²) in [6.45, 7) is 0.426. The molecule has 0 saturated carbocycles. The molecule has 0 saturated heterocycles. The molecule has 0 heterocycles. The highest BCUT2D eigenvalue weighted by atomic mass is 35.5. The lowest BCUT2D eigenvalue weighted by Gasteiger charge is -2.18. The van der Waals surface area contributed by atoms with Crippen molar-refractivity contribution < 1.29 is 28.6 Å². The van der Waals surface area contributed by atoms with Crippen LogP contribution in [0.1, 0.15) is 36.0 Å². The first kappa shape index (κ1) is 35.3. The number of unbranched alkanes of at least 4 members (excludes halogenated alkanes) is 3. The number of esters is 1. The molecule has 0 aliphatic carbocycles. The van der Waals surface area contributed by atoms with Crippen molar-refractivity contribution in [1.82, 2.24) is 5.32 Å². The summed E-state index contributed by atoms with van der Waals surface area (Å²) in [5.74, 6) is -0.425. The number of benzene rings is 5. The molecule has 8 nitrogen and oxygen atoms in total. The second-order valence-corrected chi connectivity index (χ2v) is 12.1. The van der Waals surface area contributed by atoms with E-state index in [1.807, 2.05) is 54.6 Å². The molecule has 5 aromatic carbocycles. The maximum absolute atomic E-state index is 13.5. The number of anilines is 1. The van der Waals surface area contributed by atoms with E-state index in [9.17, 15) is 14.4 Å². The summed E-state index contributed by atoms with van der Waals surface area (Å²) in [4.78, 5) is 37.9. The number of carbonyl (C=O) groups is 3. The Balaban J connectivity index is 1.19. The van der Waals surface area contributed by atoms with Crippen molar-refractivity contribution in [3.63, 3.8) is 0 Å². The molecule has 0 atom stereocenters. The van der Waals surface area contributed by atoms with E-state index in [1.165, 1.54) is 7.11 Å². The lowest BCUT2D eigenvalue weighted by molar-refractivity contribution is -0.142. The molecule has 10 heteroatoms. The SMILES string of the molecule is COC(=O)COc1c(-c2cccc(Cl)c2)cc(C(=O)NCCCCCCOC(=O)Nc2cccc3ccccc23)cc1-c1cccc(Cl)c1. The molecular formula is C39H36Cl2N2O6. The topological polar surface area (TPSA) is 103 Å². The third-order valence-electron chi connectivity index (χ3n) is 7.80. The number of amides is 2. The van der Waals surface area contributed by atoms with Crippen LogP contribution in [0.5, 0.6) is 5.75 Å². The second kappa shape index (κ2) is 17.4. The third kappa shape index (κ3) is 9.75. The van der Waals surface area contributed by atoms with Crippen molar-refractivity contribution in [3.8, 4) is 28.0 Å². The number of ether oxygens (including phenoxy) is 3. The second-order valence-electron chi connectivity index (χ2n) is 11.2. The molecule has 0 aromatic heterocycles. The minimum Gasteiger partial charge on any atom is -0.481 e. The molecule has 5 aromatic rings. The molecule has 5 rings (SSSR count). The minimum atomic E-state index is -0.549. The van der Waals surface area contributed by atoms with Crippen LogP contribution in [0.25, 0.3) is 33.0 Å². The summed E-state index contributed by atoms with van der Waals surface area (Å²) < 4.78 is 16.2. The Morgan fingerprint density at radius 1 is 0.714 bits per heavy atom. The van der Waals surface area contributed by atoms with E-state index in [1.54, 1.807) is 48.5 Å².